The Kier molecular flexibility index (Phi) is 3.72. The van der Waals surface area contributed by atoms with Gasteiger partial charge in [-0.25, -0.2) is 4.98 Å². The molecule has 0 unspecified atom stereocenters. The minimum atomic E-state index is 0.664. The summed E-state index contributed by atoms with van der Waals surface area (Å²) in [5.41, 5.74) is 0.933. The van der Waals surface area contributed by atoms with E-state index in [0.29, 0.717) is 22.5 Å². The maximum Gasteiger partial charge on any atom is 0.226 e. The van der Waals surface area contributed by atoms with Crippen LogP contribution in [0.4, 0.5) is 0 Å². The lowest BCUT2D eigenvalue weighted by Crippen LogP contribution is -1.84. The van der Waals surface area contributed by atoms with E-state index in [1.807, 2.05) is 25.1 Å². The molecule has 0 saturated heterocycles. The Hall–Kier alpha value is -1.11. The molecular formula is C12H10ClN3OS2. The summed E-state index contributed by atoms with van der Waals surface area (Å²) in [6.07, 6.45) is 0.761. The number of halogens is 1. The highest BCUT2D eigenvalue weighted by Crippen LogP contribution is 2.32. The van der Waals surface area contributed by atoms with E-state index in [4.69, 9.17) is 16.1 Å². The minimum Gasteiger partial charge on any atom is -0.339 e. The quantitative estimate of drug-likeness (QED) is 0.676. The van der Waals surface area contributed by atoms with Crippen LogP contribution in [0.5, 0.6) is 0 Å². The number of nitrogens with zero attached hydrogens (tertiary/aromatic N) is 3. The molecule has 0 spiro atoms. The van der Waals surface area contributed by atoms with Gasteiger partial charge in [0.2, 0.25) is 5.89 Å². The molecule has 0 aliphatic heterocycles. The first kappa shape index (κ1) is 12.9. The van der Waals surface area contributed by atoms with Gasteiger partial charge in [0.25, 0.3) is 0 Å². The second-order valence-corrected chi connectivity index (χ2v) is 6.53. The fourth-order valence-electron chi connectivity index (χ4n) is 1.56. The lowest BCUT2D eigenvalue weighted by Gasteiger charge is -1.89. The average Bonchev–Trinajstić information content (AvgIpc) is 3.01. The van der Waals surface area contributed by atoms with Gasteiger partial charge in [0.15, 0.2) is 10.2 Å². The summed E-state index contributed by atoms with van der Waals surface area (Å²) >= 11 is 9.20. The fraction of sp³-hybridized carbons (Fsp3) is 0.250. The van der Waals surface area contributed by atoms with E-state index in [1.54, 1.807) is 23.1 Å². The summed E-state index contributed by atoms with van der Waals surface area (Å²) in [5.74, 6) is 2.04. The Morgan fingerprint density at radius 1 is 1.37 bits per heavy atom. The van der Waals surface area contributed by atoms with Gasteiger partial charge in [0.05, 0.1) is 16.0 Å². The van der Waals surface area contributed by atoms with E-state index in [-0.39, 0.29) is 0 Å². The molecule has 4 nitrogen and oxygen atoms in total. The van der Waals surface area contributed by atoms with Crippen LogP contribution in [0.3, 0.4) is 0 Å². The molecule has 0 N–H and O–H groups in total. The molecule has 0 radical (unpaired) electrons. The first-order valence-electron chi connectivity index (χ1n) is 5.75. The number of rotatable bonds is 4. The molecule has 0 atom stereocenters. The Bertz CT molecular complexity index is 710. The summed E-state index contributed by atoms with van der Waals surface area (Å²) in [4.78, 5) is 8.80. The molecule has 0 aliphatic carbocycles. The predicted octanol–water partition coefficient (Wildman–Crippen LogP) is 4.19. The molecule has 2 aromatic heterocycles. The van der Waals surface area contributed by atoms with Crippen LogP contribution in [0, 0.1) is 0 Å². The molecule has 0 bridgehead atoms. The summed E-state index contributed by atoms with van der Waals surface area (Å²) in [5, 5.41) is 4.63. The Balaban J connectivity index is 1.74. The number of hydrogen-bond donors (Lipinski definition) is 0. The largest absolute Gasteiger partial charge is 0.339 e. The zero-order valence-corrected chi connectivity index (χ0v) is 12.5. The molecule has 1 aromatic carbocycles. The Labute approximate surface area is 123 Å². The lowest BCUT2D eigenvalue weighted by molar-refractivity contribution is 0.378. The molecular weight excluding hydrogens is 302 g/mol. The Morgan fingerprint density at radius 2 is 2.26 bits per heavy atom. The number of thiazole rings is 1. The van der Waals surface area contributed by atoms with Crippen LogP contribution in [0.25, 0.3) is 10.2 Å². The molecule has 2 heterocycles. The van der Waals surface area contributed by atoms with Crippen LogP contribution in [0.2, 0.25) is 5.02 Å². The maximum absolute atomic E-state index is 5.95. The number of fused-ring (bicyclic) bond motifs is 1. The third-order valence-electron chi connectivity index (χ3n) is 2.47. The minimum absolute atomic E-state index is 0.664. The van der Waals surface area contributed by atoms with Crippen LogP contribution in [0.1, 0.15) is 18.6 Å². The Morgan fingerprint density at radius 3 is 3.05 bits per heavy atom. The highest BCUT2D eigenvalue weighted by molar-refractivity contribution is 8.00. The van der Waals surface area contributed by atoms with Gasteiger partial charge < -0.3 is 4.52 Å². The molecule has 98 valence electrons. The van der Waals surface area contributed by atoms with Crippen molar-refractivity contribution in [3.05, 3.63) is 34.9 Å². The van der Waals surface area contributed by atoms with Gasteiger partial charge in [-0.3, -0.25) is 0 Å². The van der Waals surface area contributed by atoms with Gasteiger partial charge in [-0.1, -0.05) is 35.4 Å². The second-order valence-electron chi connectivity index (χ2n) is 3.84. The van der Waals surface area contributed by atoms with Crippen molar-refractivity contribution in [2.45, 2.75) is 23.4 Å². The molecule has 7 heteroatoms. The van der Waals surface area contributed by atoms with Crippen molar-refractivity contribution >= 4 is 44.9 Å². The van der Waals surface area contributed by atoms with Crippen molar-refractivity contribution in [3.8, 4) is 0 Å². The molecule has 0 saturated carbocycles. The number of thioether (sulfide) groups is 1. The monoisotopic (exact) mass is 311 g/mol. The topological polar surface area (TPSA) is 51.8 Å². The zero-order valence-electron chi connectivity index (χ0n) is 10.1. The van der Waals surface area contributed by atoms with Gasteiger partial charge in [0, 0.05) is 11.4 Å². The van der Waals surface area contributed by atoms with Crippen LogP contribution in [-0.4, -0.2) is 15.1 Å². The van der Waals surface area contributed by atoms with Crippen LogP contribution in [-0.2, 0) is 12.2 Å². The smallest absolute Gasteiger partial charge is 0.226 e. The summed E-state index contributed by atoms with van der Waals surface area (Å²) < 4.78 is 7.19. The second kappa shape index (κ2) is 5.48. The van der Waals surface area contributed by atoms with E-state index in [2.05, 4.69) is 15.1 Å². The molecule has 0 amide bonds. The number of aryl methyl sites for hydroxylation is 1. The van der Waals surface area contributed by atoms with Crippen molar-refractivity contribution in [2.75, 3.05) is 0 Å². The maximum atomic E-state index is 5.95. The lowest BCUT2D eigenvalue weighted by atomic mass is 10.3. The normalized spacial score (nSPS) is 11.3. The van der Waals surface area contributed by atoms with E-state index >= 15 is 0 Å². The van der Waals surface area contributed by atoms with E-state index in [0.717, 1.165) is 21.0 Å². The third kappa shape index (κ3) is 2.91. The van der Waals surface area contributed by atoms with Crippen LogP contribution >= 0.6 is 34.7 Å². The predicted molar refractivity (Wildman–Crippen MR) is 77.9 cm³/mol. The highest BCUT2D eigenvalue weighted by atomic mass is 35.5. The fourth-order valence-corrected chi connectivity index (χ4v) is 3.62. The molecule has 3 rings (SSSR count). The van der Waals surface area contributed by atoms with Crippen LogP contribution < -0.4 is 0 Å². The molecule has 19 heavy (non-hydrogen) atoms. The van der Waals surface area contributed by atoms with Gasteiger partial charge in [-0.15, -0.1) is 11.3 Å². The van der Waals surface area contributed by atoms with Crippen molar-refractivity contribution in [3.63, 3.8) is 0 Å². The van der Waals surface area contributed by atoms with Gasteiger partial charge in [-0.05, 0) is 18.2 Å². The van der Waals surface area contributed by atoms with E-state index in [9.17, 15) is 0 Å². The molecule has 0 fully saturated rings. The van der Waals surface area contributed by atoms with Crippen molar-refractivity contribution in [1.29, 1.82) is 0 Å². The van der Waals surface area contributed by atoms with Crippen molar-refractivity contribution in [1.82, 2.24) is 15.1 Å². The number of hydrogen-bond acceptors (Lipinski definition) is 6. The van der Waals surface area contributed by atoms with E-state index < -0.39 is 0 Å². The average molecular weight is 312 g/mol. The third-order valence-corrected chi connectivity index (χ3v) is 4.88. The highest BCUT2D eigenvalue weighted by Gasteiger charge is 2.08. The first-order valence-corrected chi connectivity index (χ1v) is 7.93. The SMILES string of the molecule is CCc1nc(CSc2nc3cc(Cl)ccc3s2)no1. The summed E-state index contributed by atoms with van der Waals surface area (Å²) in [6.45, 7) is 1.99. The van der Waals surface area contributed by atoms with Gasteiger partial charge >= 0.3 is 0 Å². The van der Waals surface area contributed by atoms with Gasteiger partial charge in [0.1, 0.15) is 0 Å². The molecule has 0 aliphatic rings. The number of benzene rings is 1. The van der Waals surface area contributed by atoms with Gasteiger partial charge in [-0.2, -0.15) is 4.98 Å². The van der Waals surface area contributed by atoms with Crippen LogP contribution in [0.15, 0.2) is 27.1 Å². The zero-order chi connectivity index (χ0) is 13.2. The first-order chi connectivity index (χ1) is 9.24. The van der Waals surface area contributed by atoms with Crippen molar-refractivity contribution < 1.29 is 4.52 Å². The van der Waals surface area contributed by atoms with E-state index in [1.165, 1.54) is 0 Å². The number of aromatic nitrogens is 3. The summed E-state index contributed by atoms with van der Waals surface area (Å²) in [7, 11) is 0. The standard InChI is InChI=1S/C12H10ClN3OS2/c1-2-11-15-10(16-17-11)6-18-12-14-8-5-7(13)3-4-9(8)19-12/h3-5H,2,6H2,1H3. The van der Waals surface area contributed by atoms with Crippen molar-refractivity contribution in [2.24, 2.45) is 0 Å². The summed E-state index contributed by atoms with van der Waals surface area (Å²) in [6, 6.07) is 5.74. The molecule has 3 aromatic rings.